The molecule has 1 aromatic carbocycles. The van der Waals surface area contributed by atoms with Crippen molar-refractivity contribution < 1.29 is 8.42 Å². The molecule has 3 N–H and O–H groups in total. The summed E-state index contributed by atoms with van der Waals surface area (Å²) in [5.74, 6) is 0. The fourth-order valence-corrected chi connectivity index (χ4v) is 2.55. The maximum atomic E-state index is 12.0. The lowest BCUT2D eigenvalue weighted by Gasteiger charge is -2.08. The van der Waals surface area contributed by atoms with Gasteiger partial charge in [-0.25, -0.2) is 23.1 Å². The molecule has 0 saturated heterocycles. The summed E-state index contributed by atoms with van der Waals surface area (Å²) < 4.78 is 26.4. The van der Waals surface area contributed by atoms with E-state index in [0.717, 1.165) is 0 Å². The number of hydrogen-bond acceptors (Lipinski definition) is 5. The molecule has 1 heterocycles. The first kappa shape index (κ1) is 12.5. The van der Waals surface area contributed by atoms with Crippen molar-refractivity contribution in [3.8, 4) is 0 Å². The Labute approximate surface area is 105 Å². The van der Waals surface area contributed by atoms with Crippen molar-refractivity contribution in [2.24, 2.45) is 0 Å². The van der Waals surface area contributed by atoms with Crippen LogP contribution in [-0.2, 0) is 16.6 Å². The van der Waals surface area contributed by atoms with Crippen LogP contribution in [-0.4, -0.2) is 18.4 Å². The van der Waals surface area contributed by atoms with Crippen LogP contribution in [0.4, 0.5) is 5.69 Å². The van der Waals surface area contributed by atoms with E-state index in [9.17, 15) is 8.42 Å². The second-order valence-corrected chi connectivity index (χ2v) is 5.34. The number of anilines is 1. The van der Waals surface area contributed by atoms with E-state index in [2.05, 4.69) is 14.7 Å². The number of nitrogens with one attached hydrogen (secondary N) is 1. The lowest BCUT2D eigenvalue weighted by atomic mass is 10.3. The molecule has 0 spiro atoms. The molecule has 2 rings (SSSR count). The van der Waals surface area contributed by atoms with Crippen LogP contribution in [0.15, 0.2) is 47.9 Å². The summed E-state index contributed by atoms with van der Waals surface area (Å²) in [5, 5.41) is 0. The van der Waals surface area contributed by atoms with Crippen LogP contribution in [0.3, 0.4) is 0 Å². The smallest absolute Gasteiger partial charge is 0.242 e. The Morgan fingerprint density at radius 1 is 1.17 bits per heavy atom. The van der Waals surface area contributed by atoms with Crippen molar-refractivity contribution in [2.45, 2.75) is 11.4 Å². The third-order valence-corrected chi connectivity index (χ3v) is 3.76. The average Bonchev–Trinajstić information content (AvgIpc) is 2.38. The van der Waals surface area contributed by atoms with Crippen molar-refractivity contribution in [2.75, 3.05) is 5.73 Å². The van der Waals surface area contributed by atoms with Gasteiger partial charge in [-0.1, -0.05) is 12.1 Å². The minimum absolute atomic E-state index is 0.0712. The van der Waals surface area contributed by atoms with Crippen molar-refractivity contribution in [3.05, 3.63) is 48.5 Å². The number of benzene rings is 1. The highest BCUT2D eigenvalue weighted by Gasteiger charge is 2.16. The van der Waals surface area contributed by atoms with Crippen molar-refractivity contribution >= 4 is 15.7 Å². The van der Waals surface area contributed by atoms with E-state index < -0.39 is 10.0 Å². The van der Waals surface area contributed by atoms with Gasteiger partial charge in [-0.2, -0.15) is 0 Å². The molecule has 0 aliphatic heterocycles. The van der Waals surface area contributed by atoms with Crippen molar-refractivity contribution in [3.63, 3.8) is 0 Å². The normalized spacial score (nSPS) is 11.3. The van der Waals surface area contributed by atoms with Crippen LogP contribution in [0.5, 0.6) is 0 Å². The predicted molar refractivity (Wildman–Crippen MR) is 66.9 cm³/mol. The van der Waals surface area contributed by atoms with Gasteiger partial charge in [-0.3, -0.25) is 0 Å². The summed E-state index contributed by atoms with van der Waals surface area (Å²) in [5.41, 5.74) is 6.53. The second kappa shape index (κ2) is 5.11. The van der Waals surface area contributed by atoms with Gasteiger partial charge in [0.05, 0.1) is 5.69 Å². The average molecular weight is 264 g/mol. The Morgan fingerprint density at radius 2 is 1.83 bits per heavy atom. The topological polar surface area (TPSA) is 98.0 Å². The van der Waals surface area contributed by atoms with E-state index in [1.165, 1.54) is 12.4 Å². The number of nitrogens with two attached hydrogens (primary N) is 1. The lowest BCUT2D eigenvalue weighted by Crippen LogP contribution is -2.24. The predicted octanol–water partition coefficient (Wildman–Crippen LogP) is 0.537. The van der Waals surface area contributed by atoms with E-state index in [4.69, 9.17) is 5.73 Å². The molecule has 0 atom stereocenters. The molecule has 2 aromatic rings. The van der Waals surface area contributed by atoms with Gasteiger partial charge < -0.3 is 5.73 Å². The SMILES string of the molecule is Nc1ccccc1S(=O)(=O)NCc1cncnc1. The van der Waals surface area contributed by atoms with Gasteiger partial charge >= 0.3 is 0 Å². The maximum Gasteiger partial charge on any atom is 0.242 e. The zero-order valence-electron chi connectivity index (χ0n) is 9.45. The van der Waals surface area contributed by atoms with E-state index in [0.29, 0.717) is 5.56 Å². The highest BCUT2D eigenvalue weighted by molar-refractivity contribution is 7.89. The molecule has 6 nitrogen and oxygen atoms in total. The summed E-state index contributed by atoms with van der Waals surface area (Å²) in [6, 6.07) is 6.30. The molecule has 0 fully saturated rings. The number of nitrogens with zero attached hydrogens (tertiary/aromatic N) is 2. The number of aromatic nitrogens is 2. The summed E-state index contributed by atoms with van der Waals surface area (Å²) in [6.07, 6.45) is 4.47. The molecule has 0 unspecified atom stereocenters. The van der Waals surface area contributed by atoms with Crippen LogP contribution in [0.1, 0.15) is 5.56 Å². The van der Waals surface area contributed by atoms with Crippen LogP contribution in [0.2, 0.25) is 0 Å². The summed E-state index contributed by atoms with van der Waals surface area (Å²) in [4.78, 5) is 7.68. The Morgan fingerprint density at radius 3 is 2.50 bits per heavy atom. The van der Waals surface area contributed by atoms with Gasteiger partial charge in [0.1, 0.15) is 11.2 Å². The van der Waals surface area contributed by atoms with Crippen molar-refractivity contribution in [1.82, 2.24) is 14.7 Å². The molecule has 1 aromatic heterocycles. The first-order valence-electron chi connectivity index (χ1n) is 5.17. The van der Waals surface area contributed by atoms with E-state index >= 15 is 0 Å². The first-order chi connectivity index (χ1) is 8.59. The van der Waals surface area contributed by atoms with Crippen LogP contribution in [0.25, 0.3) is 0 Å². The fraction of sp³-hybridized carbons (Fsp3) is 0.0909. The summed E-state index contributed by atoms with van der Waals surface area (Å²) in [7, 11) is -3.62. The molecule has 94 valence electrons. The van der Waals surface area contributed by atoms with Gasteiger partial charge in [-0.15, -0.1) is 0 Å². The van der Waals surface area contributed by atoms with Gasteiger partial charge in [0.25, 0.3) is 0 Å². The van der Waals surface area contributed by atoms with Gasteiger partial charge in [0.2, 0.25) is 10.0 Å². The van der Waals surface area contributed by atoms with Gasteiger partial charge in [0.15, 0.2) is 0 Å². The lowest BCUT2D eigenvalue weighted by molar-refractivity contribution is 0.581. The van der Waals surface area contributed by atoms with Crippen LogP contribution in [0, 0.1) is 0 Å². The third-order valence-electron chi connectivity index (χ3n) is 2.29. The van der Waals surface area contributed by atoms with E-state index in [1.807, 2.05) is 0 Å². The molecule has 18 heavy (non-hydrogen) atoms. The van der Waals surface area contributed by atoms with E-state index in [-0.39, 0.29) is 17.1 Å². The highest BCUT2D eigenvalue weighted by atomic mass is 32.2. The molecule has 7 heteroatoms. The highest BCUT2D eigenvalue weighted by Crippen LogP contribution is 2.16. The molecular formula is C11H12N4O2S. The number of sulfonamides is 1. The van der Waals surface area contributed by atoms with E-state index in [1.54, 1.807) is 30.6 Å². The zero-order chi connectivity index (χ0) is 13.0. The number of para-hydroxylation sites is 1. The van der Waals surface area contributed by atoms with Gasteiger partial charge in [0, 0.05) is 24.5 Å². The largest absolute Gasteiger partial charge is 0.398 e. The number of hydrogen-bond donors (Lipinski definition) is 2. The molecule has 0 bridgehead atoms. The number of rotatable bonds is 4. The Balaban J connectivity index is 2.16. The molecule has 0 aliphatic carbocycles. The molecular weight excluding hydrogens is 252 g/mol. The quantitative estimate of drug-likeness (QED) is 0.785. The molecule has 0 aliphatic rings. The Hall–Kier alpha value is -1.99. The molecule has 0 radical (unpaired) electrons. The van der Waals surface area contributed by atoms with Crippen LogP contribution >= 0.6 is 0 Å². The number of nitrogen functional groups attached to an aromatic ring is 1. The molecule has 0 amide bonds. The summed E-state index contributed by atoms with van der Waals surface area (Å²) >= 11 is 0. The minimum atomic E-state index is -3.62. The summed E-state index contributed by atoms with van der Waals surface area (Å²) in [6.45, 7) is 0.123. The minimum Gasteiger partial charge on any atom is -0.398 e. The zero-order valence-corrected chi connectivity index (χ0v) is 10.3. The van der Waals surface area contributed by atoms with Gasteiger partial charge in [-0.05, 0) is 12.1 Å². The van der Waals surface area contributed by atoms with Crippen molar-refractivity contribution in [1.29, 1.82) is 0 Å². The Kier molecular flexibility index (Phi) is 3.54. The first-order valence-corrected chi connectivity index (χ1v) is 6.66. The monoisotopic (exact) mass is 264 g/mol. The fourth-order valence-electron chi connectivity index (χ4n) is 1.40. The second-order valence-electron chi connectivity index (χ2n) is 3.61. The molecule has 0 saturated carbocycles. The van der Waals surface area contributed by atoms with Crippen LogP contribution < -0.4 is 10.5 Å². The Bertz CT molecular complexity index is 629. The maximum absolute atomic E-state index is 12.0. The standard InChI is InChI=1S/C11H12N4O2S/c12-10-3-1-2-4-11(10)18(16,17)15-7-9-5-13-8-14-6-9/h1-6,8,15H,7,12H2. The third kappa shape index (κ3) is 2.82.